The first-order chi connectivity index (χ1) is 16.5. The van der Waals surface area contributed by atoms with Crippen LogP contribution in [0.25, 0.3) is 16.9 Å². The van der Waals surface area contributed by atoms with Crippen LogP contribution in [-0.4, -0.2) is 52.2 Å². The van der Waals surface area contributed by atoms with Crippen LogP contribution in [0.3, 0.4) is 0 Å². The lowest BCUT2D eigenvalue weighted by molar-refractivity contribution is -0.116. The number of hydrogen-bond acceptors (Lipinski definition) is 5. The number of amides is 2. The highest BCUT2D eigenvalue weighted by molar-refractivity contribution is 6.31. The molecule has 0 aliphatic heterocycles. The molecule has 2 aromatic heterocycles. The molecule has 8 nitrogen and oxygen atoms in total. The predicted octanol–water partition coefficient (Wildman–Crippen LogP) is 4.31. The molecule has 0 aliphatic carbocycles. The van der Waals surface area contributed by atoms with Gasteiger partial charge < -0.3 is 15.0 Å². The minimum absolute atomic E-state index is 0.183. The third-order valence-corrected chi connectivity index (χ3v) is 5.30. The molecule has 0 fully saturated rings. The van der Waals surface area contributed by atoms with Crippen LogP contribution in [-0.2, 0) is 4.79 Å². The summed E-state index contributed by atoms with van der Waals surface area (Å²) in [4.78, 5) is 31.5. The minimum atomic E-state index is -0.394. The summed E-state index contributed by atoms with van der Waals surface area (Å²) in [6.07, 6.45) is 4.96. The van der Waals surface area contributed by atoms with Crippen molar-refractivity contribution in [1.29, 1.82) is 0 Å². The number of pyridine rings is 1. The van der Waals surface area contributed by atoms with Crippen molar-refractivity contribution in [2.75, 3.05) is 26.0 Å². The summed E-state index contributed by atoms with van der Waals surface area (Å²) >= 11 is 6.04. The molecule has 9 heteroatoms. The zero-order chi connectivity index (χ0) is 24.1. The Kier molecular flexibility index (Phi) is 6.89. The average molecular weight is 476 g/mol. The Bertz CT molecular complexity index is 1310. The minimum Gasteiger partial charge on any atom is -0.495 e. The van der Waals surface area contributed by atoms with Crippen LogP contribution in [0.1, 0.15) is 10.4 Å². The van der Waals surface area contributed by atoms with Gasteiger partial charge in [0.1, 0.15) is 11.4 Å². The van der Waals surface area contributed by atoms with Crippen LogP contribution in [0.4, 0.5) is 5.69 Å². The SMILES string of the molecule is COc1ccc(Cl)cc1NC(=O)CN(C)C(=O)c1cn(-c2ccccc2)nc1-c1cccnc1. The maximum absolute atomic E-state index is 13.4. The molecule has 2 heterocycles. The summed E-state index contributed by atoms with van der Waals surface area (Å²) < 4.78 is 6.90. The van der Waals surface area contributed by atoms with Crippen molar-refractivity contribution in [2.24, 2.45) is 0 Å². The Morgan fingerprint density at radius 1 is 1.12 bits per heavy atom. The number of carbonyl (C=O) groups is 2. The van der Waals surface area contributed by atoms with Crippen molar-refractivity contribution in [3.05, 3.63) is 89.8 Å². The van der Waals surface area contributed by atoms with Gasteiger partial charge in [0.05, 0.1) is 30.6 Å². The number of aromatic nitrogens is 3. The Morgan fingerprint density at radius 2 is 1.91 bits per heavy atom. The number of nitrogens with one attached hydrogen (secondary N) is 1. The second-order valence-corrected chi connectivity index (χ2v) is 7.90. The maximum Gasteiger partial charge on any atom is 0.257 e. The van der Waals surface area contributed by atoms with Crippen molar-refractivity contribution in [2.45, 2.75) is 0 Å². The number of anilines is 1. The number of rotatable bonds is 7. The van der Waals surface area contributed by atoms with E-state index in [2.05, 4.69) is 15.4 Å². The van der Waals surface area contributed by atoms with Crippen LogP contribution in [0, 0.1) is 0 Å². The van der Waals surface area contributed by atoms with E-state index in [1.165, 1.54) is 12.0 Å². The number of nitrogens with zero attached hydrogens (tertiary/aromatic N) is 4. The van der Waals surface area contributed by atoms with Gasteiger partial charge >= 0.3 is 0 Å². The van der Waals surface area contributed by atoms with E-state index < -0.39 is 5.91 Å². The van der Waals surface area contributed by atoms with Gasteiger partial charge in [0, 0.05) is 36.2 Å². The zero-order valence-electron chi connectivity index (χ0n) is 18.6. The lowest BCUT2D eigenvalue weighted by atomic mass is 10.1. The monoisotopic (exact) mass is 475 g/mol. The molecule has 0 aliphatic rings. The van der Waals surface area contributed by atoms with Crippen molar-refractivity contribution in [1.82, 2.24) is 19.7 Å². The number of carbonyl (C=O) groups excluding carboxylic acids is 2. The summed E-state index contributed by atoms with van der Waals surface area (Å²) in [5.41, 5.74) is 2.76. The molecule has 1 N–H and O–H groups in total. The van der Waals surface area contributed by atoms with Gasteiger partial charge in [0.15, 0.2) is 0 Å². The third kappa shape index (κ3) is 5.07. The molecule has 0 unspecified atom stereocenters. The van der Waals surface area contributed by atoms with Crippen LogP contribution in [0.2, 0.25) is 5.02 Å². The molecular weight excluding hydrogens is 454 g/mol. The lowest BCUT2D eigenvalue weighted by Crippen LogP contribution is -2.35. The third-order valence-electron chi connectivity index (χ3n) is 5.06. The molecule has 4 rings (SSSR count). The number of hydrogen-bond donors (Lipinski definition) is 1. The Balaban J connectivity index is 1.58. The van der Waals surface area contributed by atoms with E-state index in [0.717, 1.165) is 5.69 Å². The van der Waals surface area contributed by atoms with E-state index in [0.29, 0.717) is 33.3 Å². The van der Waals surface area contributed by atoms with Crippen LogP contribution >= 0.6 is 11.6 Å². The molecule has 2 aromatic carbocycles. The molecule has 0 saturated heterocycles. The van der Waals surface area contributed by atoms with E-state index in [9.17, 15) is 9.59 Å². The number of ether oxygens (including phenoxy) is 1. The van der Waals surface area contributed by atoms with Gasteiger partial charge in [-0.3, -0.25) is 14.6 Å². The van der Waals surface area contributed by atoms with Crippen molar-refractivity contribution in [3.63, 3.8) is 0 Å². The van der Waals surface area contributed by atoms with Gasteiger partial charge in [-0.05, 0) is 42.5 Å². The van der Waals surface area contributed by atoms with E-state index in [-0.39, 0.29) is 12.5 Å². The summed E-state index contributed by atoms with van der Waals surface area (Å²) in [6.45, 7) is -0.183. The van der Waals surface area contributed by atoms with Gasteiger partial charge in [-0.15, -0.1) is 0 Å². The van der Waals surface area contributed by atoms with Crippen LogP contribution in [0.15, 0.2) is 79.3 Å². The van der Waals surface area contributed by atoms with Gasteiger partial charge in [-0.1, -0.05) is 29.8 Å². The normalized spacial score (nSPS) is 10.6. The molecule has 0 radical (unpaired) electrons. The molecule has 34 heavy (non-hydrogen) atoms. The van der Waals surface area contributed by atoms with E-state index >= 15 is 0 Å². The lowest BCUT2D eigenvalue weighted by Gasteiger charge is -2.17. The fraction of sp³-hybridized carbons (Fsp3) is 0.120. The fourth-order valence-electron chi connectivity index (χ4n) is 3.42. The van der Waals surface area contributed by atoms with E-state index in [1.54, 1.807) is 54.6 Å². The number of methoxy groups -OCH3 is 1. The Morgan fingerprint density at radius 3 is 2.62 bits per heavy atom. The maximum atomic E-state index is 13.4. The number of para-hydroxylation sites is 1. The standard InChI is InChI=1S/C25H22ClN5O3/c1-30(16-23(32)28-21-13-18(26)10-11-22(21)34-2)25(33)20-15-31(19-8-4-3-5-9-19)29-24(20)17-7-6-12-27-14-17/h3-15H,16H2,1-2H3,(H,28,32). The smallest absolute Gasteiger partial charge is 0.257 e. The molecule has 0 saturated carbocycles. The van der Waals surface area contributed by atoms with Gasteiger partial charge in [0.2, 0.25) is 5.91 Å². The quantitative estimate of drug-likeness (QED) is 0.430. The highest BCUT2D eigenvalue weighted by atomic mass is 35.5. The van der Waals surface area contributed by atoms with Crippen LogP contribution < -0.4 is 10.1 Å². The second-order valence-electron chi connectivity index (χ2n) is 7.47. The largest absolute Gasteiger partial charge is 0.495 e. The second kappa shape index (κ2) is 10.2. The Hall–Kier alpha value is -4.17. The topological polar surface area (TPSA) is 89.4 Å². The van der Waals surface area contributed by atoms with E-state index in [1.807, 2.05) is 36.4 Å². The predicted molar refractivity (Wildman–Crippen MR) is 130 cm³/mol. The molecule has 0 atom stereocenters. The molecule has 2 amide bonds. The highest BCUT2D eigenvalue weighted by Crippen LogP contribution is 2.28. The highest BCUT2D eigenvalue weighted by Gasteiger charge is 2.23. The number of benzene rings is 2. The molecule has 4 aromatic rings. The summed E-state index contributed by atoms with van der Waals surface area (Å²) in [6, 6.07) is 18.0. The first kappa shape index (κ1) is 23.0. The number of likely N-dealkylation sites (N-methyl/N-ethyl adjacent to an activating group) is 1. The van der Waals surface area contributed by atoms with Gasteiger partial charge in [-0.25, -0.2) is 4.68 Å². The molecule has 0 spiro atoms. The summed E-state index contributed by atoms with van der Waals surface area (Å²) in [5.74, 6) is -0.279. The van der Waals surface area contributed by atoms with Gasteiger partial charge in [0.25, 0.3) is 5.91 Å². The van der Waals surface area contributed by atoms with Crippen molar-refractivity contribution >= 4 is 29.1 Å². The van der Waals surface area contributed by atoms with Crippen LogP contribution in [0.5, 0.6) is 5.75 Å². The molecular formula is C25H22ClN5O3. The zero-order valence-corrected chi connectivity index (χ0v) is 19.4. The fourth-order valence-corrected chi connectivity index (χ4v) is 3.59. The Labute approximate surface area is 201 Å². The molecule has 172 valence electrons. The van der Waals surface area contributed by atoms with Crippen molar-refractivity contribution < 1.29 is 14.3 Å². The van der Waals surface area contributed by atoms with E-state index in [4.69, 9.17) is 16.3 Å². The number of halogens is 1. The first-order valence-corrected chi connectivity index (χ1v) is 10.8. The summed E-state index contributed by atoms with van der Waals surface area (Å²) in [5, 5.41) is 7.83. The van der Waals surface area contributed by atoms with Crippen molar-refractivity contribution in [3.8, 4) is 22.7 Å². The molecule has 0 bridgehead atoms. The average Bonchev–Trinajstić information content (AvgIpc) is 3.30. The van der Waals surface area contributed by atoms with Gasteiger partial charge in [-0.2, -0.15) is 5.10 Å². The summed E-state index contributed by atoms with van der Waals surface area (Å²) in [7, 11) is 3.06. The first-order valence-electron chi connectivity index (χ1n) is 10.4.